The Morgan fingerprint density at radius 1 is 1.22 bits per heavy atom. The average molecular weight is 377 g/mol. The Labute approximate surface area is 161 Å². The topological polar surface area (TPSA) is 73.8 Å². The molecule has 2 aliphatic rings. The lowest BCUT2D eigenvalue weighted by Gasteiger charge is -2.20. The lowest BCUT2D eigenvalue weighted by atomic mass is 10.1. The van der Waals surface area contributed by atoms with Crippen molar-refractivity contribution >= 4 is 40.3 Å². The standard InChI is InChI=1S/C20H19N5OS/c1-4-14-5-7-16(8-6-14)24-12(2)9-15(13(24)3)10-17-18(21)25-20(23-19(17)26)27-11-22-25/h5-11,21H,4H2,1-3H3/b17-10+,21-18?. The van der Waals surface area contributed by atoms with Crippen molar-refractivity contribution in [1.29, 1.82) is 5.41 Å². The highest BCUT2D eigenvalue weighted by Gasteiger charge is 2.32. The van der Waals surface area contributed by atoms with Crippen molar-refractivity contribution in [2.24, 2.45) is 10.1 Å². The third kappa shape index (κ3) is 2.94. The lowest BCUT2D eigenvalue weighted by Crippen LogP contribution is -2.35. The molecule has 1 N–H and O–H groups in total. The van der Waals surface area contributed by atoms with Gasteiger partial charge >= 0.3 is 0 Å². The molecule has 1 aromatic carbocycles. The Morgan fingerprint density at radius 3 is 2.67 bits per heavy atom. The lowest BCUT2D eigenvalue weighted by molar-refractivity contribution is -0.114. The molecule has 1 aromatic heterocycles. The second kappa shape index (κ2) is 6.66. The van der Waals surface area contributed by atoms with Crippen LogP contribution in [-0.4, -0.2) is 32.0 Å². The molecule has 136 valence electrons. The van der Waals surface area contributed by atoms with Gasteiger partial charge < -0.3 is 4.57 Å². The number of aliphatic imine (C=N–C) groups is 1. The van der Waals surface area contributed by atoms with Crippen LogP contribution in [0, 0.1) is 19.3 Å². The van der Waals surface area contributed by atoms with Crippen molar-refractivity contribution in [2.45, 2.75) is 27.2 Å². The maximum atomic E-state index is 12.4. The average Bonchev–Trinajstić information content (AvgIpc) is 3.23. The number of hydrogen-bond donors (Lipinski definition) is 1. The number of amidine groups is 2. The zero-order valence-corrected chi connectivity index (χ0v) is 16.2. The predicted octanol–water partition coefficient (Wildman–Crippen LogP) is 3.91. The van der Waals surface area contributed by atoms with E-state index in [4.69, 9.17) is 5.41 Å². The number of carbonyl (C=O) groups is 1. The summed E-state index contributed by atoms with van der Waals surface area (Å²) < 4.78 is 2.15. The van der Waals surface area contributed by atoms with Crippen LogP contribution in [-0.2, 0) is 11.2 Å². The fourth-order valence-corrected chi connectivity index (χ4v) is 3.91. The molecule has 4 rings (SSSR count). The second-order valence-corrected chi connectivity index (χ2v) is 7.25. The molecule has 2 aromatic rings. The summed E-state index contributed by atoms with van der Waals surface area (Å²) in [7, 11) is 0. The number of benzene rings is 1. The summed E-state index contributed by atoms with van der Waals surface area (Å²) in [6, 6.07) is 10.5. The van der Waals surface area contributed by atoms with Gasteiger partial charge in [-0.3, -0.25) is 10.2 Å². The first-order chi connectivity index (χ1) is 13.0. The Balaban J connectivity index is 1.75. The minimum Gasteiger partial charge on any atom is -0.318 e. The Hall–Kier alpha value is -2.93. The van der Waals surface area contributed by atoms with Crippen LogP contribution in [0.4, 0.5) is 0 Å². The summed E-state index contributed by atoms with van der Waals surface area (Å²) in [5.41, 5.74) is 7.18. The molecule has 6 nitrogen and oxygen atoms in total. The third-order valence-electron chi connectivity index (χ3n) is 4.77. The first kappa shape index (κ1) is 17.5. The molecule has 0 spiro atoms. The predicted molar refractivity (Wildman–Crippen MR) is 111 cm³/mol. The van der Waals surface area contributed by atoms with Crippen LogP contribution in [0.5, 0.6) is 0 Å². The highest BCUT2D eigenvalue weighted by Crippen LogP contribution is 2.27. The van der Waals surface area contributed by atoms with Crippen molar-refractivity contribution in [3.63, 3.8) is 0 Å². The molecule has 0 unspecified atom stereocenters. The third-order valence-corrected chi connectivity index (χ3v) is 5.44. The Kier molecular flexibility index (Phi) is 4.31. The molecule has 0 radical (unpaired) electrons. The van der Waals surface area contributed by atoms with E-state index >= 15 is 0 Å². The monoisotopic (exact) mass is 377 g/mol. The van der Waals surface area contributed by atoms with Gasteiger partial charge in [0.1, 0.15) is 0 Å². The highest BCUT2D eigenvalue weighted by molar-refractivity contribution is 8.25. The van der Waals surface area contributed by atoms with Crippen LogP contribution in [0.15, 0.2) is 46.0 Å². The molecular formula is C20H19N5OS. The number of nitrogens with zero attached hydrogens (tertiary/aromatic N) is 4. The molecule has 0 atom stereocenters. The van der Waals surface area contributed by atoms with E-state index in [0.717, 1.165) is 29.1 Å². The molecule has 0 saturated carbocycles. The zero-order valence-electron chi connectivity index (χ0n) is 15.4. The largest absolute Gasteiger partial charge is 0.318 e. The minimum absolute atomic E-state index is 0.0587. The summed E-state index contributed by atoms with van der Waals surface area (Å²) in [4.78, 5) is 16.4. The van der Waals surface area contributed by atoms with Crippen LogP contribution in [0.2, 0.25) is 0 Å². The van der Waals surface area contributed by atoms with E-state index in [2.05, 4.69) is 45.9 Å². The van der Waals surface area contributed by atoms with Gasteiger partial charge in [0.05, 0.1) is 11.1 Å². The Morgan fingerprint density at radius 2 is 1.96 bits per heavy atom. The van der Waals surface area contributed by atoms with Gasteiger partial charge in [0.2, 0.25) is 0 Å². The minimum atomic E-state index is -0.402. The number of aromatic nitrogens is 1. The fourth-order valence-electron chi connectivity index (χ4n) is 3.30. The van der Waals surface area contributed by atoms with Gasteiger partial charge in [-0.25, -0.2) is 0 Å². The molecule has 2 aliphatic heterocycles. The Bertz CT molecular complexity index is 1040. The molecule has 0 aliphatic carbocycles. The van der Waals surface area contributed by atoms with Gasteiger partial charge in [0.25, 0.3) is 5.91 Å². The first-order valence-corrected chi connectivity index (χ1v) is 9.58. The summed E-state index contributed by atoms with van der Waals surface area (Å²) in [6.45, 7) is 6.19. The molecule has 0 bridgehead atoms. The van der Waals surface area contributed by atoms with Crippen molar-refractivity contribution < 1.29 is 4.79 Å². The number of aryl methyl sites for hydroxylation is 2. The van der Waals surface area contributed by atoms with Crippen molar-refractivity contribution in [1.82, 2.24) is 9.58 Å². The molecule has 3 heterocycles. The van der Waals surface area contributed by atoms with E-state index in [9.17, 15) is 4.79 Å². The summed E-state index contributed by atoms with van der Waals surface area (Å²) in [5, 5.41) is 14.2. The van der Waals surface area contributed by atoms with Gasteiger partial charge in [0, 0.05) is 17.1 Å². The number of hydrazone groups is 1. The second-order valence-electron chi connectivity index (χ2n) is 6.44. The van der Waals surface area contributed by atoms with E-state index in [1.54, 1.807) is 11.6 Å². The normalized spacial score (nSPS) is 17.7. The number of fused-ring (bicyclic) bond motifs is 1. The van der Waals surface area contributed by atoms with E-state index in [1.165, 1.54) is 22.3 Å². The zero-order chi connectivity index (χ0) is 19.1. The molecule has 0 fully saturated rings. The van der Waals surface area contributed by atoms with Crippen LogP contribution in [0.1, 0.15) is 29.4 Å². The SMILES string of the molecule is CCc1ccc(-n2c(C)cc(/C=C3\C(=N)N4N=CSC4=NC3=O)c2C)cc1. The van der Waals surface area contributed by atoms with Gasteiger partial charge in [0.15, 0.2) is 11.0 Å². The number of nitrogens with one attached hydrogen (secondary N) is 1. The van der Waals surface area contributed by atoms with E-state index in [-0.39, 0.29) is 11.4 Å². The fraction of sp³-hybridized carbons (Fsp3) is 0.200. The molecule has 0 saturated heterocycles. The number of amides is 1. The van der Waals surface area contributed by atoms with Crippen molar-refractivity contribution in [3.8, 4) is 5.69 Å². The molecule has 1 amide bonds. The van der Waals surface area contributed by atoms with Gasteiger partial charge in [-0.1, -0.05) is 19.1 Å². The maximum absolute atomic E-state index is 12.4. The summed E-state index contributed by atoms with van der Waals surface area (Å²) in [5.74, 6) is -0.343. The quantitative estimate of drug-likeness (QED) is 0.824. The van der Waals surface area contributed by atoms with Gasteiger partial charge in [-0.2, -0.15) is 15.1 Å². The highest BCUT2D eigenvalue weighted by atomic mass is 32.2. The first-order valence-electron chi connectivity index (χ1n) is 8.70. The molecule has 27 heavy (non-hydrogen) atoms. The van der Waals surface area contributed by atoms with Gasteiger partial charge in [-0.05, 0) is 67.4 Å². The van der Waals surface area contributed by atoms with Crippen LogP contribution < -0.4 is 0 Å². The van der Waals surface area contributed by atoms with E-state index < -0.39 is 5.91 Å². The van der Waals surface area contributed by atoms with Crippen molar-refractivity contribution in [3.05, 3.63) is 58.4 Å². The van der Waals surface area contributed by atoms with Crippen LogP contribution in [0.3, 0.4) is 0 Å². The van der Waals surface area contributed by atoms with Crippen molar-refractivity contribution in [2.75, 3.05) is 0 Å². The summed E-state index contributed by atoms with van der Waals surface area (Å²) >= 11 is 1.24. The van der Waals surface area contributed by atoms with E-state index in [1.807, 2.05) is 19.9 Å². The smallest absolute Gasteiger partial charge is 0.283 e. The van der Waals surface area contributed by atoms with Crippen LogP contribution >= 0.6 is 11.8 Å². The number of carbonyl (C=O) groups excluding carboxylic acids is 1. The van der Waals surface area contributed by atoms with Gasteiger partial charge in [-0.15, -0.1) is 0 Å². The van der Waals surface area contributed by atoms with E-state index in [0.29, 0.717) is 5.17 Å². The number of hydrogen-bond acceptors (Lipinski definition) is 4. The van der Waals surface area contributed by atoms with Crippen LogP contribution in [0.25, 0.3) is 11.8 Å². The molecule has 7 heteroatoms. The number of thioether (sulfide) groups is 1. The molecular weight excluding hydrogens is 358 g/mol. The summed E-state index contributed by atoms with van der Waals surface area (Å²) in [6.07, 6.45) is 2.74. The maximum Gasteiger partial charge on any atom is 0.283 e. The number of rotatable bonds is 3.